The molecule has 6 heteroatoms. The third-order valence-corrected chi connectivity index (χ3v) is 4.29. The molecular formula is C14H24N4O2. The van der Waals surface area contributed by atoms with E-state index in [1.54, 1.807) is 4.68 Å². The van der Waals surface area contributed by atoms with Crippen molar-refractivity contribution in [2.75, 3.05) is 0 Å². The molecule has 1 aliphatic rings. The number of tetrazole rings is 1. The second-order valence-electron chi connectivity index (χ2n) is 5.74. The highest BCUT2D eigenvalue weighted by Gasteiger charge is 2.20. The summed E-state index contributed by atoms with van der Waals surface area (Å²) in [6.07, 6.45) is 9.45. The van der Waals surface area contributed by atoms with E-state index in [9.17, 15) is 4.79 Å². The van der Waals surface area contributed by atoms with E-state index in [-0.39, 0.29) is 12.5 Å². The van der Waals surface area contributed by atoms with Gasteiger partial charge in [0.05, 0.1) is 12.5 Å². The molecule has 1 fully saturated rings. The summed E-state index contributed by atoms with van der Waals surface area (Å²) in [6, 6.07) is -0.135. The van der Waals surface area contributed by atoms with Crippen molar-refractivity contribution < 1.29 is 9.90 Å². The fraction of sp³-hybridized carbons (Fsp3) is 0.857. The number of hydrogen-bond acceptors (Lipinski definition) is 4. The van der Waals surface area contributed by atoms with Gasteiger partial charge in [0, 0.05) is 6.42 Å². The number of aliphatic carboxylic acids is 1. The van der Waals surface area contributed by atoms with Crippen LogP contribution in [0.15, 0.2) is 0 Å². The summed E-state index contributed by atoms with van der Waals surface area (Å²) < 4.78 is 1.72. The van der Waals surface area contributed by atoms with Crippen LogP contribution < -0.4 is 0 Å². The predicted octanol–water partition coefficient (Wildman–Crippen LogP) is 2.61. The van der Waals surface area contributed by atoms with Crippen LogP contribution >= 0.6 is 0 Å². The van der Waals surface area contributed by atoms with Crippen LogP contribution in [0.4, 0.5) is 0 Å². The summed E-state index contributed by atoms with van der Waals surface area (Å²) in [6.45, 7) is 1.97. The van der Waals surface area contributed by atoms with E-state index in [1.807, 2.05) is 6.92 Å². The fourth-order valence-corrected chi connectivity index (χ4v) is 3.07. The third-order valence-electron chi connectivity index (χ3n) is 4.29. The van der Waals surface area contributed by atoms with Gasteiger partial charge in [-0.2, -0.15) is 0 Å². The first-order valence-electron chi connectivity index (χ1n) is 7.69. The van der Waals surface area contributed by atoms with Gasteiger partial charge in [-0.15, -0.1) is 5.10 Å². The van der Waals surface area contributed by atoms with Gasteiger partial charge in [0.15, 0.2) is 5.82 Å². The molecule has 2 rings (SSSR count). The molecule has 1 aromatic rings. The van der Waals surface area contributed by atoms with Gasteiger partial charge in [-0.1, -0.05) is 39.0 Å². The zero-order valence-corrected chi connectivity index (χ0v) is 12.2. The first-order chi connectivity index (χ1) is 9.70. The van der Waals surface area contributed by atoms with Crippen LogP contribution in [-0.4, -0.2) is 31.3 Å². The second-order valence-corrected chi connectivity index (χ2v) is 5.74. The second kappa shape index (κ2) is 7.36. The lowest BCUT2D eigenvalue weighted by Gasteiger charge is -2.21. The lowest BCUT2D eigenvalue weighted by atomic mass is 9.86. The van der Waals surface area contributed by atoms with Crippen molar-refractivity contribution in [2.45, 2.75) is 70.8 Å². The van der Waals surface area contributed by atoms with Crippen molar-refractivity contribution in [3.63, 3.8) is 0 Å². The number of aromatic nitrogens is 4. The van der Waals surface area contributed by atoms with Gasteiger partial charge in [-0.3, -0.25) is 4.79 Å². The number of carboxylic acids is 1. The Morgan fingerprint density at radius 1 is 1.40 bits per heavy atom. The van der Waals surface area contributed by atoms with E-state index < -0.39 is 5.97 Å². The van der Waals surface area contributed by atoms with Crippen molar-refractivity contribution in [1.29, 1.82) is 0 Å². The van der Waals surface area contributed by atoms with Crippen LogP contribution in [0, 0.1) is 5.92 Å². The Hall–Kier alpha value is -1.46. The average molecular weight is 280 g/mol. The van der Waals surface area contributed by atoms with Crippen molar-refractivity contribution in [1.82, 2.24) is 20.2 Å². The highest BCUT2D eigenvalue weighted by atomic mass is 16.4. The first-order valence-corrected chi connectivity index (χ1v) is 7.69. The van der Waals surface area contributed by atoms with Crippen LogP contribution in [0.2, 0.25) is 0 Å². The Balaban J connectivity index is 1.94. The minimum atomic E-state index is -0.800. The number of nitrogens with zero attached hydrogens (tertiary/aromatic N) is 4. The minimum absolute atomic E-state index is 0.0813. The van der Waals surface area contributed by atoms with Gasteiger partial charge in [0.1, 0.15) is 0 Å². The molecule has 0 amide bonds. The normalized spacial score (nSPS) is 18.1. The molecule has 112 valence electrons. The number of carboxylic acid groups (broad SMARTS) is 1. The Labute approximate surface area is 119 Å². The smallest absolute Gasteiger partial charge is 0.305 e. The summed E-state index contributed by atoms with van der Waals surface area (Å²) in [7, 11) is 0. The van der Waals surface area contributed by atoms with E-state index in [4.69, 9.17) is 5.11 Å². The molecular weight excluding hydrogens is 256 g/mol. The van der Waals surface area contributed by atoms with E-state index in [0.29, 0.717) is 0 Å². The highest BCUT2D eigenvalue weighted by Crippen LogP contribution is 2.27. The lowest BCUT2D eigenvalue weighted by molar-refractivity contribution is -0.138. The summed E-state index contributed by atoms with van der Waals surface area (Å²) in [5, 5.41) is 20.8. The molecule has 0 radical (unpaired) electrons. The number of hydrogen-bond donors (Lipinski definition) is 1. The minimum Gasteiger partial charge on any atom is -0.481 e. The van der Waals surface area contributed by atoms with E-state index in [2.05, 4.69) is 15.5 Å². The van der Waals surface area contributed by atoms with Gasteiger partial charge in [0.25, 0.3) is 0 Å². The predicted molar refractivity (Wildman–Crippen MR) is 74.3 cm³/mol. The number of rotatable bonds is 7. The monoisotopic (exact) mass is 280 g/mol. The maximum absolute atomic E-state index is 10.9. The molecule has 1 aliphatic carbocycles. The van der Waals surface area contributed by atoms with Crippen LogP contribution in [-0.2, 0) is 11.2 Å². The Kier molecular flexibility index (Phi) is 5.49. The topological polar surface area (TPSA) is 80.9 Å². The molecule has 0 bridgehead atoms. The standard InChI is InChI=1S/C14H24N4O2/c1-2-12(10-14(19)20)18-13(15-16-17-18)9-8-11-6-4-3-5-7-11/h11-12H,2-10H2,1H3,(H,19,20). The molecule has 0 aliphatic heterocycles. The van der Waals surface area contributed by atoms with Gasteiger partial charge < -0.3 is 5.11 Å². The number of aryl methyl sites for hydroxylation is 1. The van der Waals surface area contributed by atoms with E-state index >= 15 is 0 Å². The van der Waals surface area contributed by atoms with Gasteiger partial charge in [0.2, 0.25) is 0 Å². The molecule has 20 heavy (non-hydrogen) atoms. The third kappa shape index (κ3) is 4.02. The van der Waals surface area contributed by atoms with Crippen LogP contribution in [0.25, 0.3) is 0 Å². The van der Waals surface area contributed by atoms with Gasteiger partial charge in [-0.05, 0) is 29.2 Å². The molecule has 0 aromatic carbocycles. The maximum atomic E-state index is 10.9. The highest BCUT2D eigenvalue weighted by molar-refractivity contribution is 5.67. The molecule has 1 N–H and O–H groups in total. The maximum Gasteiger partial charge on any atom is 0.305 e. The number of carbonyl (C=O) groups is 1. The fourth-order valence-electron chi connectivity index (χ4n) is 3.07. The Morgan fingerprint density at radius 3 is 2.80 bits per heavy atom. The summed E-state index contributed by atoms with van der Waals surface area (Å²) in [5.41, 5.74) is 0. The zero-order chi connectivity index (χ0) is 14.4. The molecule has 1 aromatic heterocycles. The molecule has 0 spiro atoms. The molecule has 6 nitrogen and oxygen atoms in total. The Morgan fingerprint density at radius 2 is 2.15 bits per heavy atom. The average Bonchev–Trinajstić information content (AvgIpc) is 2.91. The van der Waals surface area contributed by atoms with E-state index in [0.717, 1.165) is 31.0 Å². The lowest BCUT2D eigenvalue weighted by Crippen LogP contribution is -2.18. The van der Waals surface area contributed by atoms with Crippen LogP contribution in [0.1, 0.15) is 70.2 Å². The van der Waals surface area contributed by atoms with Gasteiger partial charge >= 0.3 is 5.97 Å². The Bertz CT molecular complexity index is 427. The zero-order valence-electron chi connectivity index (χ0n) is 12.2. The van der Waals surface area contributed by atoms with Crippen LogP contribution in [0.3, 0.4) is 0 Å². The molecule has 1 atom stereocenters. The molecule has 1 unspecified atom stereocenters. The molecule has 1 saturated carbocycles. The van der Waals surface area contributed by atoms with Crippen LogP contribution in [0.5, 0.6) is 0 Å². The molecule has 0 saturated heterocycles. The van der Waals surface area contributed by atoms with Gasteiger partial charge in [-0.25, -0.2) is 4.68 Å². The first kappa shape index (κ1) is 14.9. The molecule has 1 heterocycles. The van der Waals surface area contributed by atoms with Crippen molar-refractivity contribution in [3.05, 3.63) is 5.82 Å². The summed E-state index contributed by atoms with van der Waals surface area (Å²) in [4.78, 5) is 10.9. The van der Waals surface area contributed by atoms with Crippen molar-refractivity contribution in [3.8, 4) is 0 Å². The summed E-state index contributed by atoms with van der Waals surface area (Å²) in [5.74, 6) is 0.822. The van der Waals surface area contributed by atoms with Crippen molar-refractivity contribution >= 4 is 5.97 Å². The quantitative estimate of drug-likeness (QED) is 0.830. The van der Waals surface area contributed by atoms with E-state index in [1.165, 1.54) is 32.1 Å². The summed E-state index contributed by atoms with van der Waals surface area (Å²) >= 11 is 0. The largest absolute Gasteiger partial charge is 0.481 e. The van der Waals surface area contributed by atoms with Crippen molar-refractivity contribution in [2.24, 2.45) is 5.92 Å². The SMILES string of the molecule is CCC(CC(=O)O)n1nnnc1CCC1CCCCC1.